The summed E-state index contributed by atoms with van der Waals surface area (Å²) in [6.45, 7) is 2.64. The summed E-state index contributed by atoms with van der Waals surface area (Å²) in [6.07, 6.45) is 0.878. The lowest BCUT2D eigenvalue weighted by molar-refractivity contribution is 0.0953. The Bertz CT molecular complexity index is 1080. The Morgan fingerprint density at radius 3 is 2.21 bits per heavy atom. The van der Waals surface area contributed by atoms with Crippen molar-refractivity contribution in [3.63, 3.8) is 0 Å². The number of aromatic nitrogens is 2. The van der Waals surface area contributed by atoms with Gasteiger partial charge in [-0.05, 0) is 35.7 Å². The van der Waals surface area contributed by atoms with Gasteiger partial charge in [-0.3, -0.25) is 4.79 Å². The first-order chi connectivity index (χ1) is 14.1. The number of aromatic amines is 1. The molecule has 0 atom stereocenters. The van der Waals surface area contributed by atoms with E-state index in [2.05, 4.69) is 15.3 Å². The van der Waals surface area contributed by atoms with E-state index in [1.165, 1.54) is 0 Å². The third-order valence-corrected chi connectivity index (χ3v) is 5.01. The fourth-order valence-electron chi connectivity index (χ4n) is 3.46. The van der Waals surface area contributed by atoms with E-state index in [-0.39, 0.29) is 5.91 Å². The Balaban J connectivity index is 1.82. The van der Waals surface area contributed by atoms with Crippen LogP contribution >= 0.6 is 0 Å². The Kier molecular flexibility index (Phi) is 5.14. The molecule has 0 saturated carbocycles. The molecule has 3 N–H and O–H groups in total. The summed E-state index contributed by atoms with van der Waals surface area (Å²) < 4.78 is 0. The van der Waals surface area contributed by atoms with E-state index in [1.54, 1.807) is 18.2 Å². The van der Waals surface area contributed by atoms with E-state index in [1.807, 2.05) is 67.6 Å². The predicted molar refractivity (Wildman–Crippen MR) is 114 cm³/mol. The van der Waals surface area contributed by atoms with Gasteiger partial charge in [-0.1, -0.05) is 67.6 Å². The van der Waals surface area contributed by atoms with Crippen molar-refractivity contribution in [3.8, 4) is 0 Å². The highest BCUT2D eigenvalue weighted by Gasteiger charge is 2.36. The minimum atomic E-state index is -1.44. The van der Waals surface area contributed by atoms with Crippen LogP contribution in [0.1, 0.15) is 40.7 Å². The first kappa shape index (κ1) is 18.9. The second-order valence-corrected chi connectivity index (χ2v) is 7.02. The summed E-state index contributed by atoms with van der Waals surface area (Å²) >= 11 is 0. The van der Waals surface area contributed by atoms with Crippen molar-refractivity contribution in [3.05, 3.63) is 101 Å². The molecule has 4 aromatic rings. The van der Waals surface area contributed by atoms with E-state index in [4.69, 9.17) is 0 Å². The number of hydrogen-bond donors (Lipinski definition) is 3. The maximum atomic E-state index is 12.3. The molecule has 5 heteroatoms. The Hall–Kier alpha value is -3.44. The van der Waals surface area contributed by atoms with E-state index >= 15 is 0 Å². The molecule has 29 heavy (non-hydrogen) atoms. The molecular weight excluding hydrogens is 362 g/mol. The second kappa shape index (κ2) is 7.89. The van der Waals surface area contributed by atoms with Crippen LogP contribution in [0.5, 0.6) is 0 Å². The Morgan fingerprint density at radius 2 is 1.62 bits per heavy atom. The van der Waals surface area contributed by atoms with Crippen molar-refractivity contribution in [2.45, 2.75) is 18.9 Å². The molecule has 0 aliphatic rings. The lowest BCUT2D eigenvalue weighted by Crippen LogP contribution is -2.30. The van der Waals surface area contributed by atoms with Crippen molar-refractivity contribution < 1.29 is 9.90 Å². The van der Waals surface area contributed by atoms with Crippen molar-refractivity contribution in [1.29, 1.82) is 0 Å². The molecule has 0 fully saturated rings. The third-order valence-electron chi connectivity index (χ3n) is 5.01. The average molecular weight is 385 g/mol. The Labute approximate surface area is 169 Å². The first-order valence-electron chi connectivity index (χ1n) is 9.75. The number of rotatable bonds is 6. The van der Waals surface area contributed by atoms with Gasteiger partial charge in [-0.25, -0.2) is 4.98 Å². The van der Waals surface area contributed by atoms with E-state index < -0.39 is 5.60 Å². The largest absolute Gasteiger partial charge is 0.373 e. The van der Waals surface area contributed by atoms with Gasteiger partial charge >= 0.3 is 0 Å². The van der Waals surface area contributed by atoms with E-state index in [9.17, 15) is 9.90 Å². The quantitative estimate of drug-likeness (QED) is 0.470. The molecule has 1 amide bonds. The average Bonchev–Trinajstić information content (AvgIpc) is 3.22. The van der Waals surface area contributed by atoms with Crippen molar-refractivity contribution in [2.75, 3.05) is 6.54 Å². The molecule has 5 nitrogen and oxygen atoms in total. The van der Waals surface area contributed by atoms with Gasteiger partial charge in [0.1, 0.15) is 5.82 Å². The van der Waals surface area contributed by atoms with Crippen LogP contribution in [-0.4, -0.2) is 27.5 Å². The fourth-order valence-corrected chi connectivity index (χ4v) is 3.46. The number of imidazole rings is 1. The van der Waals surface area contributed by atoms with Gasteiger partial charge in [-0.15, -0.1) is 0 Å². The van der Waals surface area contributed by atoms with Crippen molar-refractivity contribution in [2.24, 2.45) is 0 Å². The van der Waals surface area contributed by atoms with Gasteiger partial charge in [0.05, 0.1) is 11.0 Å². The molecule has 0 aliphatic carbocycles. The van der Waals surface area contributed by atoms with Gasteiger partial charge < -0.3 is 15.4 Å². The number of benzene rings is 3. The molecule has 4 rings (SSSR count). The van der Waals surface area contributed by atoms with Gasteiger partial charge in [0.15, 0.2) is 5.60 Å². The predicted octanol–water partition coefficient (Wildman–Crippen LogP) is 3.99. The van der Waals surface area contributed by atoms with Crippen LogP contribution in [0.2, 0.25) is 0 Å². The minimum Gasteiger partial charge on any atom is -0.373 e. The van der Waals surface area contributed by atoms with Crippen LogP contribution < -0.4 is 5.32 Å². The zero-order valence-corrected chi connectivity index (χ0v) is 16.2. The molecule has 0 unspecified atom stereocenters. The molecule has 0 bridgehead atoms. The second-order valence-electron chi connectivity index (χ2n) is 7.02. The lowest BCUT2D eigenvalue weighted by atomic mass is 9.85. The highest BCUT2D eigenvalue weighted by Crippen LogP contribution is 2.35. The molecule has 146 valence electrons. The van der Waals surface area contributed by atoms with Crippen LogP contribution in [0.3, 0.4) is 0 Å². The van der Waals surface area contributed by atoms with Crippen LogP contribution in [0.4, 0.5) is 0 Å². The summed E-state index contributed by atoms with van der Waals surface area (Å²) in [4.78, 5) is 20.2. The van der Waals surface area contributed by atoms with Crippen molar-refractivity contribution >= 4 is 16.9 Å². The molecule has 1 heterocycles. The molecule has 0 aliphatic heterocycles. The topological polar surface area (TPSA) is 78.0 Å². The standard InChI is InChI=1S/C24H23N3O2/c1-2-15-25-22(28)17-13-14-20-21(16-17)27-23(26-20)24(29,18-9-5-3-6-10-18)19-11-7-4-8-12-19/h3-14,16,29H,2,15H2,1H3,(H,25,28)(H,26,27). The number of carbonyl (C=O) groups excluding carboxylic acids is 1. The fraction of sp³-hybridized carbons (Fsp3) is 0.167. The SMILES string of the molecule is CCCNC(=O)c1ccc2nc(C(O)(c3ccccc3)c3ccccc3)[nH]c2c1. The normalized spacial score (nSPS) is 11.5. The van der Waals surface area contributed by atoms with Gasteiger partial charge in [-0.2, -0.15) is 0 Å². The number of aliphatic hydroxyl groups is 1. The summed E-state index contributed by atoms with van der Waals surface area (Å²) in [7, 11) is 0. The number of H-pyrrole nitrogens is 1. The van der Waals surface area contributed by atoms with Gasteiger partial charge in [0, 0.05) is 12.1 Å². The number of nitrogens with zero attached hydrogens (tertiary/aromatic N) is 1. The number of fused-ring (bicyclic) bond motifs is 1. The molecule has 0 spiro atoms. The Morgan fingerprint density at radius 1 is 1.00 bits per heavy atom. The minimum absolute atomic E-state index is 0.119. The lowest BCUT2D eigenvalue weighted by Gasteiger charge is -2.27. The van der Waals surface area contributed by atoms with Crippen LogP contribution in [0.15, 0.2) is 78.9 Å². The van der Waals surface area contributed by atoms with Crippen LogP contribution in [0, 0.1) is 0 Å². The number of nitrogens with one attached hydrogen (secondary N) is 2. The number of carbonyl (C=O) groups is 1. The molecular formula is C24H23N3O2. The smallest absolute Gasteiger partial charge is 0.251 e. The first-order valence-corrected chi connectivity index (χ1v) is 9.75. The summed E-state index contributed by atoms with van der Waals surface area (Å²) in [5.41, 5.74) is 1.94. The molecule has 1 aromatic heterocycles. The number of hydrogen-bond acceptors (Lipinski definition) is 3. The van der Waals surface area contributed by atoms with Gasteiger partial charge in [0.2, 0.25) is 0 Å². The van der Waals surface area contributed by atoms with Crippen LogP contribution in [0.25, 0.3) is 11.0 Å². The maximum absolute atomic E-state index is 12.3. The molecule has 0 saturated heterocycles. The monoisotopic (exact) mass is 385 g/mol. The molecule has 3 aromatic carbocycles. The zero-order chi connectivity index (χ0) is 20.3. The summed E-state index contributed by atoms with van der Waals surface area (Å²) in [5, 5.41) is 14.7. The van der Waals surface area contributed by atoms with Crippen LogP contribution in [-0.2, 0) is 5.60 Å². The zero-order valence-electron chi connectivity index (χ0n) is 16.2. The summed E-state index contributed by atoms with van der Waals surface area (Å²) in [6, 6.07) is 24.2. The number of amides is 1. The molecule has 0 radical (unpaired) electrons. The maximum Gasteiger partial charge on any atom is 0.251 e. The third kappa shape index (κ3) is 3.52. The highest BCUT2D eigenvalue weighted by atomic mass is 16.3. The van der Waals surface area contributed by atoms with E-state index in [0.717, 1.165) is 6.42 Å². The van der Waals surface area contributed by atoms with E-state index in [0.29, 0.717) is 40.1 Å². The van der Waals surface area contributed by atoms with Gasteiger partial charge in [0.25, 0.3) is 5.91 Å². The van der Waals surface area contributed by atoms with Crippen molar-refractivity contribution in [1.82, 2.24) is 15.3 Å². The highest BCUT2D eigenvalue weighted by molar-refractivity contribution is 5.97. The summed E-state index contributed by atoms with van der Waals surface area (Å²) in [5.74, 6) is 0.294.